The quantitative estimate of drug-likeness (QED) is 0.756. The van der Waals surface area contributed by atoms with Crippen LogP contribution in [0.1, 0.15) is 26.2 Å². The van der Waals surface area contributed by atoms with Crippen molar-refractivity contribution in [2.45, 2.75) is 26.2 Å². The number of carbonyl (C=O) groups is 1. The molecule has 2 amide bonds. The molecule has 0 bridgehead atoms. The van der Waals surface area contributed by atoms with Gasteiger partial charge in [0.1, 0.15) is 0 Å². The molecule has 0 unspecified atom stereocenters. The van der Waals surface area contributed by atoms with Crippen molar-refractivity contribution in [1.29, 1.82) is 0 Å². The Morgan fingerprint density at radius 3 is 3.25 bits per heavy atom. The van der Waals surface area contributed by atoms with E-state index in [4.69, 9.17) is 9.47 Å². The van der Waals surface area contributed by atoms with Gasteiger partial charge in [-0.15, -0.1) is 0 Å². The maximum absolute atomic E-state index is 12.0. The van der Waals surface area contributed by atoms with Crippen molar-refractivity contribution in [3.8, 4) is 0 Å². The van der Waals surface area contributed by atoms with Gasteiger partial charge in [-0.1, -0.05) is 11.6 Å². The summed E-state index contributed by atoms with van der Waals surface area (Å²) in [4.78, 5) is 13.9. The first kappa shape index (κ1) is 15.3. The Hall–Kier alpha value is -1.07. The Kier molecular flexibility index (Phi) is 6.33. The fraction of sp³-hybridized carbons (Fsp3) is 0.800. The molecular weight excluding hydrogens is 256 g/mol. The van der Waals surface area contributed by atoms with Crippen molar-refractivity contribution in [3.05, 3.63) is 11.6 Å². The molecule has 0 radical (unpaired) electrons. The Labute approximate surface area is 121 Å². The highest BCUT2D eigenvalue weighted by molar-refractivity contribution is 5.74. The van der Waals surface area contributed by atoms with E-state index in [2.05, 4.69) is 11.4 Å². The highest BCUT2D eigenvalue weighted by atomic mass is 16.5. The number of carbonyl (C=O) groups excluding carboxylic acids is 1. The molecule has 0 aromatic carbocycles. The zero-order chi connectivity index (χ0) is 14.2. The summed E-state index contributed by atoms with van der Waals surface area (Å²) >= 11 is 0. The van der Waals surface area contributed by atoms with E-state index in [1.807, 2.05) is 11.8 Å². The molecule has 5 heteroatoms. The fourth-order valence-corrected chi connectivity index (χ4v) is 2.67. The summed E-state index contributed by atoms with van der Waals surface area (Å²) in [7, 11) is 0. The normalized spacial score (nSPS) is 22.8. The van der Waals surface area contributed by atoms with Crippen LogP contribution in [0.2, 0.25) is 0 Å². The van der Waals surface area contributed by atoms with Gasteiger partial charge in [-0.2, -0.15) is 0 Å². The standard InChI is InChI=1S/C15H26N2O3/c1-2-19-12-14-4-8-17(11-14)15(18)16-7-3-13-5-9-20-10-6-13/h5,14H,2-4,6-12H2,1H3,(H,16,18)/t14-/m1/s1. The van der Waals surface area contributed by atoms with Crippen LogP contribution in [0.5, 0.6) is 0 Å². The van der Waals surface area contributed by atoms with Crippen molar-refractivity contribution < 1.29 is 14.3 Å². The third-order valence-corrected chi connectivity index (χ3v) is 3.91. The van der Waals surface area contributed by atoms with Gasteiger partial charge in [-0.25, -0.2) is 4.79 Å². The van der Waals surface area contributed by atoms with Gasteiger partial charge in [0.05, 0.1) is 19.8 Å². The maximum atomic E-state index is 12.0. The lowest BCUT2D eigenvalue weighted by atomic mass is 10.1. The summed E-state index contributed by atoms with van der Waals surface area (Å²) < 4.78 is 10.7. The minimum atomic E-state index is 0.0663. The topological polar surface area (TPSA) is 50.8 Å². The Morgan fingerprint density at radius 2 is 2.50 bits per heavy atom. The third kappa shape index (κ3) is 4.80. The lowest BCUT2D eigenvalue weighted by Gasteiger charge is -2.18. The van der Waals surface area contributed by atoms with Gasteiger partial charge in [-0.05, 0) is 26.2 Å². The number of nitrogens with zero attached hydrogens (tertiary/aromatic N) is 1. The molecule has 2 aliphatic rings. The molecule has 5 nitrogen and oxygen atoms in total. The number of amides is 2. The first-order chi connectivity index (χ1) is 9.79. The second kappa shape index (κ2) is 8.27. The van der Waals surface area contributed by atoms with E-state index in [0.717, 1.165) is 58.7 Å². The molecule has 1 fully saturated rings. The largest absolute Gasteiger partial charge is 0.381 e. The van der Waals surface area contributed by atoms with Crippen LogP contribution in [0, 0.1) is 5.92 Å². The van der Waals surface area contributed by atoms with Crippen molar-refractivity contribution in [3.63, 3.8) is 0 Å². The average molecular weight is 282 g/mol. The predicted octanol–water partition coefficient (Wildman–Crippen LogP) is 1.79. The second-order valence-corrected chi connectivity index (χ2v) is 5.43. The molecule has 0 saturated carbocycles. The second-order valence-electron chi connectivity index (χ2n) is 5.43. The van der Waals surface area contributed by atoms with Crippen LogP contribution in [-0.4, -0.2) is 57.0 Å². The Morgan fingerprint density at radius 1 is 1.60 bits per heavy atom. The monoisotopic (exact) mass is 282 g/mol. The summed E-state index contributed by atoms with van der Waals surface area (Å²) in [6.07, 6.45) is 5.11. The lowest BCUT2D eigenvalue weighted by Crippen LogP contribution is -2.39. The van der Waals surface area contributed by atoms with E-state index in [-0.39, 0.29) is 6.03 Å². The van der Waals surface area contributed by atoms with Crippen LogP contribution in [0.4, 0.5) is 4.79 Å². The molecule has 2 aliphatic heterocycles. The highest BCUT2D eigenvalue weighted by Gasteiger charge is 2.25. The third-order valence-electron chi connectivity index (χ3n) is 3.91. The number of nitrogens with one attached hydrogen (secondary N) is 1. The van der Waals surface area contributed by atoms with Crippen LogP contribution in [0.25, 0.3) is 0 Å². The van der Waals surface area contributed by atoms with Crippen LogP contribution in [0.15, 0.2) is 11.6 Å². The number of hydrogen-bond acceptors (Lipinski definition) is 3. The van der Waals surface area contributed by atoms with E-state index < -0.39 is 0 Å². The molecule has 2 heterocycles. The fourth-order valence-electron chi connectivity index (χ4n) is 2.67. The number of likely N-dealkylation sites (tertiary alicyclic amines) is 1. The SMILES string of the molecule is CCOC[C@@H]1CCN(C(=O)NCCC2=CCOCC2)C1. The molecule has 0 aromatic heterocycles. The van der Waals surface area contributed by atoms with Gasteiger partial charge in [0.15, 0.2) is 0 Å². The van der Waals surface area contributed by atoms with E-state index >= 15 is 0 Å². The lowest BCUT2D eigenvalue weighted by molar-refractivity contribution is 0.113. The summed E-state index contributed by atoms with van der Waals surface area (Å²) in [5.41, 5.74) is 1.40. The molecular formula is C15H26N2O3. The van der Waals surface area contributed by atoms with Crippen LogP contribution < -0.4 is 5.32 Å². The summed E-state index contributed by atoms with van der Waals surface area (Å²) in [6, 6.07) is 0.0663. The predicted molar refractivity (Wildman–Crippen MR) is 77.7 cm³/mol. The van der Waals surface area contributed by atoms with Crippen molar-refractivity contribution in [1.82, 2.24) is 10.2 Å². The van der Waals surface area contributed by atoms with Crippen molar-refractivity contribution >= 4 is 6.03 Å². The zero-order valence-electron chi connectivity index (χ0n) is 12.4. The van der Waals surface area contributed by atoms with Crippen LogP contribution in [-0.2, 0) is 9.47 Å². The first-order valence-electron chi connectivity index (χ1n) is 7.65. The average Bonchev–Trinajstić information content (AvgIpc) is 2.95. The molecule has 0 spiro atoms. The molecule has 1 saturated heterocycles. The number of urea groups is 1. The van der Waals surface area contributed by atoms with E-state index in [1.54, 1.807) is 0 Å². The van der Waals surface area contributed by atoms with Gasteiger partial charge < -0.3 is 19.7 Å². The summed E-state index contributed by atoms with van der Waals surface area (Å²) in [5.74, 6) is 0.499. The number of hydrogen-bond donors (Lipinski definition) is 1. The Balaban J connectivity index is 1.61. The summed E-state index contributed by atoms with van der Waals surface area (Å²) in [5, 5.41) is 3.01. The van der Waals surface area contributed by atoms with Gasteiger partial charge in [0.2, 0.25) is 0 Å². The molecule has 2 rings (SSSR count). The highest BCUT2D eigenvalue weighted by Crippen LogP contribution is 2.16. The van der Waals surface area contributed by atoms with Crippen LogP contribution >= 0.6 is 0 Å². The number of ether oxygens (including phenoxy) is 2. The van der Waals surface area contributed by atoms with E-state index in [9.17, 15) is 4.79 Å². The summed E-state index contributed by atoms with van der Waals surface area (Å²) in [6.45, 7) is 7.44. The molecule has 0 aliphatic carbocycles. The molecule has 1 N–H and O–H groups in total. The van der Waals surface area contributed by atoms with E-state index in [0.29, 0.717) is 12.5 Å². The molecule has 20 heavy (non-hydrogen) atoms. The van der Waals surface area contributed by atoms with Crippen LogP contribution in [0.3, 0.4) is 0 Å². The molecule has 114 valence electrons. The van der Waals surface area contributed by atoms with Crippen molar-refractivity contribution in [2.24, 2.45) is 5.92 Å². The first-order valence-corrected chi connectivity index (χ1v) is 7.65. The van der Waals surface area contributed by atoms with Gasteiger partial charge in [0, 0.05) is 32.2 Å². The minimum Gasteiger partial charge on any atom is -0.381 e. The van der Waals surface area contributed by atoms with Gasteiger partial charge in [-0.3, -0.25) is 0 Å². The smallest absolute Gasteiger partial charge is 0.317 e. The van der Waals surface area contributed by atoms with Gasteiger partial charge >= 0.3 is 6.03 Å². The van der Waals surface area contributed by atoms with E-state index in [1.165, 1.54) is 5.57 Å². The number of rotatable bonds is 6. The maximum Gasteiger partial charge on any atom is 0.317 e. The molecule has 1 atom stereocenters. The minimum absolute atomic E-state index is 0.0663. The zero-order valence-corrected chi connectivity index (χ0v) is 12.4. The van der Waals surface area contributed by atoms with Crippen molar-refractivity contribution in [2.75, 3.05) is 46.1 Å². The van der Waals surface area contributed by atoms with Gasteiger partial charge in [0.25, 0.3) is 0 Å². The Bertz CT molecular complexity index is 344. The molecule has 0 aromatic rings.